The number of anilines is 1. The van der Waals surface area contributed by atoms with E-state index in [0.29, 0.717) is 0 Å². The third kappa shape index (κ3) is 3.12. The van der Waals surface area contributed by atoms with Gasteiger partial charge in [0.25, 0.3) is 0 Å². The fourth-order valence-corrected chi connectivity index (χ4v) is 2.31. The van der Waals surface area contributed by atoms with Crippen LogP contribution in [-0.4, -0.2) is 18.6 Å². The first-order valence-electron chi connectivity index (χ1n) is 6.12. The van der Waals surface area contributed by atoms with E-state index >= 15 is 0 Å². The first-order valence-corrected chi connectivity index (χ1v) is 6.12. The largest absolute Gasteiger partial charge is 0.495 e. The van der Waals surface area contributed by atoms with Crippen LogP contribution in [0, 0.1) is 5.92 Å². The Morgan fingerprint density at radius 2 is 2.19 bits per heavy atom. The number of nitrogens with one attached hydrogen (secondary N) is 1. The van der Waals surface area contributed by atoms with Crippen molar-refractivity contribution >= 4 is 5.82 Å². The van der Waals surface area contributed by atoms with Crippen molar-refractivity contribution in [2.45, 2.75) is 32.1 Å². The SMILES string of the molecule is COc1ccc(NCCC2CCCC2)nc1. The van der Waals surface area contributed by atoms with Gasteiger partial charge in [0.2, 0.25) is 0 Å². The average molecular weight is 220 g/mol. The first kappa shape index (κ1) is 11.2. The van der Waals surface area contributed by atoms with Crippen molar-refractivity contribution in [2.75, 3.05) is 19.0 Å². The summed E-state index contributed by atoms with van der Waals surface area (Å²) < 4.78 is 5.06. The van der Waals surface area contributed by atoms with Gasteiger partial charge in [-0.2, -0.15) is 0 Å². The Morgan fingerprint density at radius 1 is 1.38 bits per heavy atom. The normalized spacial score (nSPS) is 16.3. The lowest BCUT2D eigenvalue weighted by atomic mass is 10.0. The summed E-state index contributed by atoms with van der Waals surface area (Å²) in [4.78, 5) is 4.28. The lowest BCUT2D eigenvalue weighted by Gasteiger charge is -2.10. The maximum Gasteiger partial charge on any atom is 0.137 e. The van der Waals surface area contributed by atoms with E-state index in [-0.39, 0.29) is 0 Å². The number of hydrogen-bond acceptors (Lipinski definition) is 3. The zero-order chi connectivity index (χ0) is 11.2. The second-order valence-corrected chi connectivity index (χ2v) is 4.45. The summed E-state index contributed by atoms with van der Waals surface area (Å²) in [5, 5.41) is 3.36. The van der Waals surface area contributed by atoms with Crippen LogP contribution in [-0.2, 0) is 0 Å². The highest BCUT2D eigenvalue weighted by Gasteiger charge is 2.13. The second kappa shape index (κ2) is 5.73. The minimum Gasteiger partial charge on any atom is -0.495 e. The summed E-state index contributed by atoms with van der Waals surface area (Å²) in [6.07, 6.45) is 8.69. The summed E-state index contributed by atoms with van der Waals surface area (Å²) >= 11 is 0. The molecule has 3 heteroatoms. The zero-order valence-corrected chi connectivity index (χ0v) is 9.91. The van der Waals surface area contributed by atoms with E-state index in [2.05, 4.69) is 10.3 Å². The molecule has 1 aliphatic rings. The van der Waals surface area contributed by atoms with Gasteiger partial charge in [-0.3, -0.25) is 0 Å². The average Bonchev–Trinajstić information content (AvgIpc) is 2.83. The topological polar surface area (TPSA) is 34.1 Å². The van der Waals surface area contributed by atoms with Gasteiger partial charge in [-0.1, -0.05) is 25.7 Å². The molecule has 16 heavy (non-hydrogen) atoms. The number of methoxy groups -OCH3 is 1. The van der Waals surface area contributed by atoms with Gasteiger partial charge in [-0.05, 0) is 24.5 Å². The highest BCUT2D eigenvalue weighted by Crippen LogP contribution is 2.27. The molecule has 0 atom stereocenters. The number of ether oxygens (including phenoxy) is 1. The summed E-state index contributed by atoms with van der Waals surface area (Å²) in [5.74, 6) is 2.69. The number of rotatable bonds is 5. The van der Waals surface area contributed by atoms with Crippen molar-refractivity contribution in [1.29, 1.82) is 0 Å². The highest BCUT2D eigenvalue weighted by atomic mass is 16.5. The van der Waals surface area contributed by atoms with Crippen molar-refractivity contribution in [3.63, 3.8) is 0 Å². The standard InChI is InChI=1S/C13H20N2O/c1-16-12-6-7-13(15-10-12)14-9-8-11-4-2-3-5-11/h6-7,10-11H,2-5,8-9H2,1H3,(H,14,15). The van der Waals surface area contributed by atoms with Gasteiger partial charge in [-0.15, -0.1) is 0 Å². The third-order valence-electron chi connectivity index (χ3n) is 3.31. The van der Waals surface area contributed by atoms with Gasteiger partial charge < -0.3 is 10.1 Å². The highest BCUT2D eigenvalue weighted by molar-refractivity contribution is 5.37. The fraction of sp³-hybridized carbons (Fsp3) is 0.615. The summed E-state index contributed by atoms with van der Waals surface area (Å²) in [7, 11) is 1.66. The van der Waals surface area contributed by atoms with Gasteiger partial charge in [0.05, 0.1) is 13.3 Å². The molecule has 88 valence electrons. The molecule has 1 saturated carbocycles. The third-order valence-corrected chi connectivity index (χ3v) is 3.31. The molecule has 1 fully saturated rings. The fourth-order valence-electron chi connectivity index (χ4n) is 2.31. The van der Waals surface area contributed by atoms with Crippen LogP contribution in [0.1, 0.15) is 32.1 Å². The number of hydrogen-bond donors (Lipinski definition) is 1. The van der Waals surface area contributed by atoms with Crippen LogP contribution in [0.2, 0.25) is 0 Å². The molecule has 0 amide bonds. The molecule has 0 unspecified atom stereocenters. The lowest BCUT2D eigenvalue weighted by molar-refractivity contribution is 0.413. The van der Waals surface area contributed by atoms with Crippen molar-refractivity contribution < 1.29 is 4.74 Å². The van der Waals surface area contributed by atoms with E-state index in [0.717, 1.165) is 24.0 Å². The van der Waals surface area contributed by atoms with E-state index in [1.165, 1.54) is 32.1 Å². The van der Waals surface area contributed by atoms with Gasteiger partial charge in [0.15, 0.2) is 0 Å². The van der Waals surface area contributed by atoms with Crippen LogP contribution in [0.5, 0.6) is 5.75 Å². The molecule has 0 spiro atoms. The Labute approximate surface area is 97.2 Å². The molecule has 1 heterocycles. The molecule has 1 aromatic heterocycles. The number of nitrogens with zero attached hydrogens (tertiary/aromatic N) is 1. The monoisotopic (exact) mass is 220 g/mol. The Morgan fingerprint density at radius 3 is 2.81 bits per heavy atom. The molecule has 0 aliphatic heterocycles. The molecule has 1 aromatic rings. The Hall–Kier alpha value is -1.25. The predicted octanol–water partition coefficient (Wildman–Crippen LogP) is 3.08. The van der Waals surface area contributed by atoms with E-state index in [9.17, 15) is 0 Å². The second-order valence-electron chi connectivity index (χ2n) is 4.45. The van der Waals surface area contributed by atoms with E-state index in [1.54, 1.807) is 13.3 Å². The van der Waals surface area contributed by atoms with Gasteiger partial charge in [-0.25, -0.2) is 4.98 Å². The first-order chi connectivity index (χ1) is 7.88. The van der Waals surface area contributed by atoms with Crippen molar-refractivity contribution in [1.82, 2.24) is 4.98 Å². The number of pyridine rings is 1. The van der Waals surface area contributed by atoms with E-state index in [1.807, 2.05) is 12.1 Å². The molecular formula is C13H20N2O. The molecule has 0 saturated heterocycles. The summed E-state index contributed by atoms with van der Waals surface area (Å²) in [5.41, 5.74) is 0. The molecule has 0 bridgehead atoms. The lowest BCUT2D eigenvalue weighted by Crippen LogP contribution is -2.07. The van der Waals surface area contributed by atoms with Gasteiger partial charge >= 0.3 is 0 Å². The van der Waals surface area contributed by atoms with Gasteiger partial charge in [0, 0.05) is 6.54 Å². The molecule has 3 nitrogen and oxygen atoms in total. The molecule has 2 rings (SSSR count). The quantitative estimate of drug-likeness (QED) is 0.828. The van der Waals surface area contributed by atoms with E-state index < -0.39 is 0 Å². The zero-order valence-electron chi connectivity index (χ0n) is 9.91. The Balaban J connectivity index is 1.71. The van der Waals surface area contributed by atoms with Crippen LogP contribution in [0.3, 0.4) is 0 Å². The summed E-state index contributed by atoms with van der Waals surface area (Å²) in [6.45, 7) is 1.03. The van der Waals surface area contributed by atoms with Crippen molar-refractivity contribution in [3.05, 3.63) is 18.3 Å². The van der Waals surface area contributed by atoms with Crippen molar-refractivity contribution in [3.8, 4) is 5.75 Å². The van der Waals surface area contributed by atoms with Crippen molar-refractivity contribution in [2.24, 2.45) is 5.92 Å². The van der Waals surface area contributed by atoms with E-state index in [4.69, 9.17) is 4.74 Å². The number of aromatic nitrogens is 1. The minimum atomic E-state index is 0.807. The Bertz CT molecular complexity index is 304. The van der Waals surface area contributed by atoms with Crippen LogP contribution in [0.4, 0.5) is 5.82 Å². The molecule has 1 aliphatic carbocycles. The van der Waals surface area contributed by atoms with Crippen LogP contribution >= 0.6 is 0 Å². The Kier molecular flexibility index (Phi) is 4.03. The smallest absolute Gasteiger partial charge is 0.137 e. The molecule has 1 N–H and O–H groups in total. The summed E-state index contributed by atoms with van der Waals surface area (Å²) in [6, 6.07) is 3.90. The molecular weight excluding hydrogens is 200 g/mol. The van der Waals surface area contributed by atoms with Gasteiger partial charge in [0.1, 0.15) is 11.6 Å². The minimum absolute atomic E-state index is 0.807. The maximum absolute atomic E-state index is 5.06. The van der Waals surface area contributed by atoms with Crippen LogP contribution in [0.25, 0.3) is 0 Å². The van der Waals surface area contributed by atoms with Crippen LogP contribution in [0.15, 0.2) is 18.3 Å². The molecule has 0 aromatic carbocycles. The predicted molar refractivity (Wildman–Crippen MR) is 65.9 cm³/mol. The maximum atomic E-state index is 5.06. The molecule has 0 radical (unpaired) electrons. The van der Waals surface area contributed by atoms with Crippen LogP contribution < -0.4 is 10.1 Å².